The van der Waals surface area contributed by atoms with Crippen molar-refractivity contribution < 1.29 is 0 Å². The maximum atomic E-state index is 11.5. The second-order valence-corrected chi connectivity index (χ2v) is 4.72. The summed E-state index contributed by atoms with van der Waals surface area (Å²) in [6, 6.07) is 6.82. The number of halogens is 2. The molecule has 0 spiro atoms. The Bertz CT molecular complexity index is 534. The molecule has 5 heteroatoms. The van der Waals surface area contributed by atoms with Gasteiger partial charge >= 0.3 is 0 Å². The van der Waals surface area contributed by atoms with E-state index in [1.54, 1.807) is 24.5 Å². The zero-order chi connectivity index (χ0) is 10.8. The van der Waals surface area contributed by atoms with Crippen LogP contribution in [0.3, 0.4) is 0 Å². The minimum absolute atomic E-state index is 0.104. The summed E-state index contributed by atoms with van der Waals surface area (Å²) >= 11 is 6.60. The third kappa shape index (κ3) is 2.35. The first-order valence-corrected chi connectivity index (χ1v) is 5.75. The van der Waals surface area contributed by atoms with Gasteiger partial charge in [0.05, 0.1) is 0 Å². The van der Waals surface area contributed by atoms with E-state index in [-0.39, 0.29) is 5.56 Å². The van der Waals surface area contributed by atoms with Crippen molar-refractivity contribution in [3.8, 4) is 5.82 Å². The van der Waals surface area contributed by atoms with Gasteiger partial charge in [-0.15, -0.1) is 0 Å². The van der Waals surface area contributed by atoms with Crippen LogP contribution in [0.2, 0.25) is 0 Å². The second kappa shape index (κ2) is 4.28. The largest absolute Gasteiger partial charge is 0.269 e. The smallest absolute Gasteiger partial charge is 0.256 e. The summed E-state index contributed by atoms with van der Waals surface area (Å²) in [5.41, 5.74) is -0.104. The first kappa shape index (κ1) is 10.6. The zero-order valence-corrected chi connectivity index (χ0v) is 10.7. The highest BCUT2D eigenvalue weighted by Gasteiger charge is 2.00. The van der Waals surface area contributed by atoms with Crippen molar-refractivity contribution in [1.29, 1.82) is 0 Å². The van der Waals surface area contributed by atoms with Crippen LogP contribution in [0.5, 0.6) is 0 Å². The molecule has 0 saturated carbocycles. The van der Waals surface area contributed by atoms with Gasteiger partial charge < -0.3 is 0 Å². The minimum atomic E-state index is -0.104. The fourth-order valence-electron chi connectivity index (χ4n) is 1.15. The summed E-state index contributed by atoms with van der Waals surface area (Å²) in [7, 11) is 0. The maximum absolute atomic E-state index is 11.5. The van der Waals surface area contributed by atoms with Crippen LogP contribution in [0.25, 0.3) is 5.82 Å². The molecule has 0 aliphatic carbocycles. The number of pyridine rings is 2. The van der Waals surface area contributed by atoms with Crippen molar-refractivity contribution in [3.05, 3.63) is 56.0 Å². The Labute approximate surface area is 103 Å². The molecule has 2 rings (SSSR count). The molecule has 0 atom stereocenters. The molecule has 0 N–H and O–H groups in total. The Morgan fingerprint density at radius 2 is 1.80 bits per heavy atom. The molecule has 3 nitrogen and oxygen atoms in total. The quantitative estimate of drug-likeness (QED) is 0.806. The molecule has 2 aromatic heterocycles. The first-order valence-electron chi connectivity index (χ1n) is 4.17. The van der Waals surface area contributed by atoms with Crippen molar-refractivity contribution in [3.63, 3.8) is 0 Å². The predicted molar refractivity (Wildman–Crippen MR) is 65.2 cm³/mol. The summed E-state index contributed by atoms with van der Waals surface area (Å²) in [5.74, 6) is 0.601. The highest BCUT2D eigenvalue weighted by molar-refractivity contribution is 9.10. The molecule has 0 aliphatic heterocycles. The van der Waals surface area contributed by atoms with Gasteiger partial charge in [-0.05, 0) is 50.1 Å². The molecule has 0 aromatic carbocycles. The molecule has 0 fully saturated rings. The van der Waals surface area contributed by atoms with E-state index in [0.29, 0.717) is 5.82 Å². The summed E-state index contributed by atoms with van der Waals surface area (Å²) in [4.78, 5) is 15.7. The van der Waals surface area contributed by atoms with Gasteiger partial charge in [0.1, 0.15) is 5.82 Å². The van der Waals surface area contributed by atoms with Crippen LogP contribution in [0, 0.1) is 0 Å². The van der Waals surface area contributed by atoms with E-state index >= 15 is 0 Å². The number of hydrogen-bond donors (Lipinski definition) is 0. The average Bonchev–Trinajstić information content (AvgIpc) is 2.23. The first-order chi connectivity index (χ1) is 7.16. The molecule has 0 unspecified atom stereocenters. The summed E-state index contributed by atoms with van der Waals surface area (Å²) in [6.07, 6.45) is 3.35. The molecule has 0 radical (unpaired) electrons. The van der Waals surface area contributed by atoms with Crippen molar-refractivity contribution >= 4 is 31.9 Å². The van der Waals surface area contributed by atoms with Gasteiger partial charge in [-0.2, -0.15) is 0 Å². The Hall–Kier alpha value is -0.940. The Morgan fingerprint density at radius 3 is 2.47 bits per heavy atom. The summed E-state index contributed by atoms with van der Waals surface area (Å²) in [5, 5.41) is 0. The Balaban J connectivity index is 2.58. The third-order valence-corrected chi connectivity index (χ3v) is 2.77. The van der Waals surface area contributed by atoms with E-state index in [9.17, 15) is 4.79 Å². The molecule has 2 aromatic rings. The number of nitrogens with zero attached hydrogens (tertiary/aromatic N) is 2. The molecular formula is C10H6Br2N2O. The van der Waals surface area contributed by atoms with E-state index in [1.807, 2.05) is 6.07 Å². The molecule has 0 amide bonds. The summed E-state index contributed by atoms with van der Waals surface area (Å²) < 4.78 is 3.21. The molecule has 2 heterocycles. The van der Waals surface area contributed by atoms with Gasteiger partial charge in [0.15, 0.2) is 0 Å². The van der Waals surface area contributed by atoms with E-state index in [4.69, 9.17) is 0 Å². The lowest BCUT2D eigenvalue weighted by Crippen LogP contribution is -2.16. The molecule has 0 aliphatic rings. The van der Waals surface area contributed by atoms with Gasteiger partial charge in [-0.1, -0.05) is 0 Å². The summed E-state index contributed by atoms with van der Waals surface area (Å²) in [6.45, 7) is 0. The van der Waals surface area contributed by atoms with Gasteiger partial charge in [0.2, 0.25) is 0 Å². The van der Waals surface area contributed by atoms with Gasteiger partial charge in [-0.3, -0.25) is 9.36 Å². The van der Waals surface area contributed by atoms with Crippen LogP contribution in [0.15, 0.2) is 50.4 Å². The van der Waals surface area contributed by atoms with Gasteiger partial charge in [-0.25, -0.2) is 4.98 Å². The SMILES string of the molecule is O=c1ccc(Br)cn1-c1ccc(Br)cn1. The Kier molecular flexibility index (Phi) is 3.02. The van der Waals surface area contributed by atoms with Crippen molar-refractivity contribution in [2.45, 2.75) is 0 Å². The number of aromatic nitrogens is 2. The minimum Gasteiger partial charge on any atom is -0.269 e. The van der Waals surface area contributed by atoms with Crippen molar-refractivity contribution in [1.82, 2.24) is 9.55 Å². The fourth-order valence-corrected chi connectivity index (χ4v) is 1.72. The van der Waals surface area contributed by atoms with E-state index in [2.05, 4.69) is 36.8 Å². The van der Waals surface area contributed by atoms with Gasteiger partial charge in [0.25, 0.3) is 5.56 Å². The van der Waals surface area contributed by atoms with Crippen LogP contribution >= 0.6 is 31.9 Å². The van der Waals surface area contributed by atoms with Crippen LogP contribution < -0.4 is 5.56 Å². The monoisotopic (exact) mass is 328 g/mol. The number of rotatable bonds is 1. The molecule has 76 valence electrons. The highest BCUT2D eigenvalue weighted by Crippen LogP contribution is 2.11. The molecule has 0 saturated heterocycles. The van der Waals surface area contributed by atoms with Crippen LogP contribution in [-0.4, -0.2) is 9.55 Å². The Morgan fingerprint density at radius 1 is 1.07 bits per heavy atom. The van der Waals surface area contributed by atoms with Gasteiger partial charge in [0, 0.05) is 27.4 Å². The lowest BCUT2D eigenvalue weighted by atomic mass is 10.4. The van der Waals surface area contributed by atoms with E-state index in [1.165, 1.54) is 10.6 Å². The van der Waals surface area contributed by atoms with E-state index in [0.717, 1.165) is 8.95 Å². The molecular weight excluding hydrogens is 324 g/mol. The average molecular weight is 330 g/mol. The van der Waals surface area contributed by atoms with Crippen LogP contribution in [-0.2, 0) is 0 Å². The fraction of sp³-hybridized carbons (Fsp3) is 0. The lowest BCUT2D eigenvalue weighted by Gasteiger charge is -2.04. The van der Waals surface area contributed by atoms with E-state index < -0.39 is 0 Å². The molecule has 0 bridgehead atoms. The second-order valence-electron chi connectivity index (χ2n) is 2.89. The van der Waals surface area contributed by atoms with Crippen molar-refractivity contribution in [2.24, 2.45) is 0 Å². The topological polar surface area (TPSA) is 34.9 Å². The molecule has 15 heavy (non-hydrogen) atoms. The predicted octanol–water partition coefficient (Wildman–Crippen LogP) is 2.76. The third-order valence-electron chi connectivity index (χ3n) is 1.83. The standard InChI is InChI=1S/C10H6Br2N2O/c11-7-1-3-9(13-5-7)14-6-8(12)2-4-10(14)15/h1-6H. The lowest BCUT2D eigenvalue weighted by molar-refractivity contribution is 0.934. The number of hydrogen-bond acceptors (Lipinski definition) is 2. The zero-order valence-electron chi connectivity index (χ0n) is 7.52. The highest BCUT2D eigenvalue weighted by atomic mass is 79.9. The van der Waals surface area contributed by atoms with Crippen LogP contribution in [0.4, 0.5) is 0 Å². The normalized spacial score (nSPS) is 10.3. The van der Waals surface area contributed by atoms with Crippen molar-refractivity contribution in [2.75, 3.05) is 0 Å². The maximum Gasteiger partial charge on any atom is 0.256 e. The van der Waals surface area contributed by atoms with Crippen LogP contribution in [0.1, 0.15) is 0 Å².